The normalized spacial score (nSPS) is 9.81. The van der Waals surface area contributed by atoms with E-state index in [1.807, 2.05) is 0 Å². The number of nitrogens with two attached hydrogens (primary N) is 1. The van der Waals surface area contributed by atoms with Crippen molar-refractivity contribution in [3.8, 4) is 0 Å². The summed E-state index contributed by atoms with van der Waals surface area (Å²) in [5.74, 6) is -0.587. The number of tetrazole rings is 1. The zero-order chi connectivity index (χ0) is 10.8. The van der Waals surface area contributed by atoms with Gasteiger partial charge >= 0.3 is 5.97 Å². The lowest BCUT2D eigenvalue weighted by atomic mass is 10.4. The Morgan fingerprint density at radius 3 is 3.00 bits per heavy atom. The van der Waals surface area contributed by atoms with Gasteiger partial charge in [-0.15, -0.1) is 5.10 Å². The van der Waals surface area contributed by atoms with Crippen LogP contribution < -0.4 is 5.73 Å². The number of anilines is 1. The number of fused-ring (bicyclic) bond motifs is 1. The zero-order valence-corrected chi connectivity index (χ0v) is 8.28. The third-order valence-electron chi connectivity index (χ3n) is 1.56. The maximum absolute atomic E-state index is 11.3. The maximum Gasteiger partial charge on any atom is 0.362 e. The van der Waals surface area contributed by atoms with E-state index in [2.05, 4.69) is 25.6 Å². The minimum Gasteiger partial charge on any atom is -0.461 e. The number of carbonyl (C=O) groups is 1. The average Bonchev–Trinajstić information content (AvgIpc) is 2.63. The Bertz CT molecular complexity index is 510. The molecule has 0 bridgehead atoms. The Labute approximate surface area is 88.7 Å². The lowest BCUT2D eigenvalue weighted by Crippen LogP contribution is -2.15. The van der Waals surface area contributed by atoms with Crippen molar-refractivity contribution >= 4 is 17.6 Å². The van der Waals surface area contributed by atoms with Crippen LogP contribution >= 0.6 is 0 Å². The van der Waals surface area contributed by atoms with Gasteiger partial charge in [0.05, 0.1) is 6.61 Å². The second kappa shape index (κ2) is 4.44. The van der Waals surface area contributed by atoms with E-state index in [1.54, 1.807) is 6.92 Å². The minimum absolute atomic E-state index is 0. The van der Waals surface area contributed by atoms with E-state index in [0.29, 0.717) is 0 Å². The van der Waals surface area contributed by atoms with Gasteiger partial charge in [0, 0.05) is 0 Å². The Kier molecular flexibility index (Phi) is 3.25. The third-order valence-corrected chi connectivity index (χ3v) is 1.56. The van der Waals surface area contributed by atoms with E-state index in [4.69, 9.17) is 10.5 Å². The van der Waals surface area contributed by atoms with Gasteiger partial charge < -0.3 is 15.9 Å². The molecule has 0 spiro atoms. The fourth-order valence-electron chi connectivity index (χ4n) is 0.961. The van der Waals surface area contributed by atoms with Crippen LogP contribution in [0.15, 0.2) is 0 Å². The molecule has 0 saturated heterocycles. The number of hydrogen-bond donors (Lipinski definition) is 1. The molecule has 0 aliphatic heterocycles. The van der Waals surface area contributed by atoms with Crippen LogP contribution in [0.1, 0.15) is 17.4 Å². The third kappa shape index (κ3) is 1.86. The summed E-state index contributed by atoms with van der Waals surface area (Å²) in [7, 11) is 0. The SMILES string of the molecule is CCOC(=O)c1nn2nnnc2nc1N.O. The van der Waals surface area contributed by atoms with E-state index in [9.17, 15) is 4.79 Å². The Morgan fingerprint density at radius 2 is 2.31 bits per heavy atom. The largest absolute Gasteiger partial charge is 0.461 e. The van der Waals surface area contributed by atoms with Crippen LogP contribution in [0.5, 0.6) is 0 Å². The van der Waals surface area contributed by atoms with Crippen molar-refractivity contribution in [1.82, 2.24) is 30.2 Å². The lowest BCUT2D eigenvalue weighted by Gasteiger charge is -2.02. The van der Waals surface area contributed by atoms with Crippen molar-refractivity contribution in [2.75, 3.05) is 12.3 Å². The van der Waals surface area contributed by atoms with Gasteiger partial charge in [0.25, 0.3) is 5.78 Å². The first-order valence-electron chi connectivity index (χ1n) is 4.11. The molecule has 0 aliphatic carbocycles. The number of ether oxygens (including phenoxy) is 1. The van der Waals surface area contributed by atoms with Crippen LogP contribution in [0.25, 0.3) is 5.78 Å². The molecule has 2 aromatic rings. The van der Waals surface area contributed by atoms with Crippen LogP contribution in [0.2, 0.25) is 0 Å². The van der Waals surface area contributed by atoms with Crippen LogP contribution in [0, 0.1) is 0 Å². The van der Waals surface area contributed by atoms with Gasteiger partial charge in [-0.25, -0.2) is 4.79 Å². The van der Waals surface area contributed by atoms with Crippen LogP contribution in [-0.4, -0.2) is 48.3 Å². The quantitative estimate of drug-likeness (QED) is 0.569. The molecule has 86 valence electrons. The fraction of sp³-hybridized carbons (Fsp3) is 0.333. The Balaban J connectivity index is 0.00000128. The summed E-state index contributed by atoms with van der Waals surface area (Å²) in [6, 6.07) is 0. The second-order valence-corrected chi connectivity index (χ2v) is 2.53. The molecule has 10 nitrogen and oxygen atoms in total. The summed E-state index contributed by atoms with van der Waals surface area (Å²) in [6.45, 7) is 1.91. The number of aromatic nitrogens is 6. The molecule has 0 unspecified atom stereocenters. The van der Waals surface area contributed by atoms with E-state index in [1.165, 1.54) is 0 Å². The first-order chi connectivity index (χ1) is 7.22. The van der Waals surface area contributed by atoms with Gasteiger partial charge in [-0.3, -0.25) is 0 Å². The van der Waals surface area contributed by atoms with Crippen LogP contribution in [0.4, 0.5) is 5.82 Å². The molecule has 4 N–H and O–H groups in total. The van der Waals surface area contributed by atoms with Crippen LogP contribution in [0.3, 0.4) is 0 Å². The maximum atomic E-state index is 11.3. The highest BCUT2D eigenvalue weighted by Gasteiger charge is 2.16. The molecule has 0 aromatic carbocycles. The molecular weight excluding hydrogens is 218 g/mol. The van der Waals surface area contributed by atoms with Crippen molar-refractivity contribution in [2.24, 2.45) is 0 Å². The highest BCUT2D eigenvalue weighted by molar-refractivity contribution is 5.91. The molecule has 0 atom stereocenters. The summed E-state index contributed by atoms with van der Waals surface area (Å²) in [5.41, 5.74) is 5.39. The van der Waals surface area contributed by atoms with Gasteiger partial charge in [0.15, 0.2) is 5.82 Å². The molecule has 0 radical (unpaired) electrons. The minimum atomic E-state index is -0.653. The van der Waals surface area contributed by atoms with Crippen molar-refractivity contribution < 1.29 is 15.0 Å². The number of nitrogen functional groups attached to an aromatic ring is 1. The molecule has 2 rings (SSSR count). The predicted molar refractivity (Wildman–Crippen MR) is 50.4 cm³/mol. The van der Waals surface area contributed by atoms with Crippen molar-refractivity contribution in [2.45, 2.75) is 6.92 Å². The molecule has 0 amide bonds. The van der Waals surface area contributed by atoms with E-state index >= 15 is 0 Å². The molecule has 2 aromatic heterocycles. The summed E-state index contributed by atoms with van der Waals surface area (Å²) in [4.78, 5) is 15.1. The molecular formula is C6H9N7O3. The first kappa shape index (κ1) is 11.7. The number of carbonyl (C=O) groups excluding carboxylic acids is 1. The molecule has 2 heterocycles. The van der Waals surface area contributed by atoms with E-state index in [-0.39, 0.29) is 29.4 Å². The van der Waals surface area contributed by atoms with Gasteiger partial charge in [-0.05, 0) is 17.4 Å². The van der Waals surface area contributed by atoms with Crippen molar-refractivity contribution in [3.63, 3.8) is 0 Å². The van der Waals surface area contributed by atoms with Gasteiger partial charge in [-0.1, -0.05) is 9.73 Å². The molecule has 0 fully saturated rings. The van der Waals surface area contributed by atoms with Crippen molar-refractivity contribution in [3.05, 3.63) is 5.69 Å². The van der Waals surface area contributed by atoms with Crippen LogP contribution in [-0.2, 0) is 4.74 Å². The van der Waals surface area contributed by atoms with Crippen molar-refractivity contribution in [1.29, 1.82) is 0 Å². The smallest absolute Gasteiger partial charge is 0.362 e. The molecule has 10 heteroatoms. The van der Waals surface area contributed by atoms with Gasteiger partial charge in [-0.2, -0.15) is 4.98 Å². The Morgan fingerprint density at radius 1 is 1.56 bits per heavy atom. The number of hydrogen-bond acceptors (Lipinski definition) is 8. The first-order valence-corrected chi connectivity index (χ1v) is 4.11. The number of nitrogens with zero attached hydrogens (tertiary/aromatic N) is 6. The topological polar surface area (TPSA) is 153 Å². The summed E-state index contributed by atoms with van der Waals surface area (Å²) >= 11 is 0. The number of esters is 1. The lowest BCUT2D eigenvalue weighted by molar-refractivity contribution is 0.0518. The average molecular weight is 227 g/mol. The molecule has 0 saturated carbocycles. The zero-order valence-electron chi connectivity index (χ0n) is 8.28. The van der Waals surface area contributed by atoms with E-state index < -0.39 is 5.97 Å². The summed E-state index contributed by atoms with van der Waals surface area (Å²) in [5, 5.41) is 14.1. The molecule has 16 heavy (non-hydrogen) atoms. The fourth-order valence-corrected chi connectivity index (χ4v) is 0.961. The Hall–Kier alpha value is -2.36. The van der Waals surface area contributed by atoms with Gasteiger partial charge in [0.2, 0.25) is 5.69 Å². The molecule has 0 aliphatic rings. The summed E-state index contributed by atoms with van der Waals surface area (Å²) < 4.78 is 5.73. The highest BCUT2D eigenvalue weighted by atomic mass is 16.5. The summed E-state index contributed by atoms with van der Waals surface area (Å²) in [6.07, 6.45) is 0. The second-order valence-electron chi connectivity index (χ2n) is 2.53. The van der Waals surface area contributed by atoms with E-state index in [0.717, 1.165) is 4.63 Å². The van der Waals surface area contributed by atoms with Gasteiger partial charge in [0.1, 0.15) is 0 Å². The number of rotatable bonds is 2. The highest BCUT2D eigenvalue weighted by Crippen LogP contribution is 2.06. The predicted octanol–water partition coefficient (Wildman–Crippen LogP) is -2.15. The standard InChI is InChI=1S/C6H7N7O2.H2O/c1-2-15-5(14)3-4(7)8-6-9-11-12-13(6)10-3;/h2H2,1H3,(H2,7,8,9,12);1H2. The monoisotopic (exact) mass is 227 g/mol.